The molecule has 0 saturated carbocycles. The number of hydrogen-bond acceptors (Lipinski definition) is 3. The molecule has 1 unspecified atom stereocenters. The number of pyridine rings is 1. The summed E-state index contributed by atoms with van der Waals surface area (Å²) < 4.78 is 0. The SMILES string of the molecule is CCCNCc1cccnc1N1CCCCC1CC. The number of nitrogens with zero attached hydrogens (tertiary/aromatic N) is 2. The van der Waals surface area contributed by atoms with E-state index in [2.05, 4.69) is 41.2 Å². The molecule has 3 nitrogen and oxygen atoms in total. The van der Waals surface area contributed by atoms with Crippen LogP contribution in [0.15, 0.2) is 18.3 Å². The normalized spacial score (nSPS) is 19.7. The predicted octanol–water partition coefficient (Wildman–Crippen LogP) is 3.35. The quantitative estimate of drug-likeness (QED) is 0.796. The third-order valence-corrected chi connectivity index (χ3v) is 3.98. The van der Waals surface area contributed by atoms with Crippen LogP contribution in [0.1, 0.15) is 51.5 Å². The van der Waals surface area contributed by atoms with Crippen LogP contribution >= 0.6 is 0 Å². The van der Waals surface area contributed by atoms with E-state index in [0.717, 1.165) is 19.6 Å². The van der Waals surface area contributed by atoms with Crippen LogP contribution in [0.4, 0.5) is 5.82 Å². The van der Waals surface area contributed by atoms with Gasteiger partial charge in [0.05, 0.1) is 0 Å². The van der Waals surface area contributed by atoms with Crippen molar-refractivity contribution in [3.05, 3.63) is 23.9 Å². The number of aromatic nitrogens is 1. The van der Waals surface area contributed by atoms with Crippen molar-refractivity contribution < 1.29 is 0 Å². The Balaban J connectivity index is 2.12. The van der Waals surface area contributed by atoms with Crippen molar-refractivity contribution in [3.63, 3.8) is 0 Å². The molecule has 1 aliphatic rings. The highest BCUT2D eigenvalue weighted by molar-refractivity contribution is 5.48. The van der Waals surface area contributed by atoms with E-state index in [-0.39, 0.29) is 0 Å². The van der Waals surface area contributed by atoms with E-state index < -0.39 is 0 Å². The van der Waals surface area contributed by atoms with Gasteiger partial charge in [0.25, 0.3) is 0 Å². The molecular formula is C16H27N3. The third-order valence-electron chi connectivity index (χ3n) is 3.98. The molecule has 1 N–H and O–H groups in total. The molecule has 1 atom stereocenters. The molecule has 0 aliphatic carbocycles. The highest BCUT2D eigenvalue weighted by atomic mass is 15.2. The molecule has 0 spiro atoms. The van der Waals surface area contributed by atoms with E-state index in [4.69, 9.17) is 0 Å². The lowest BCUT2D eigenvalue weighted by Gasteiger charge is -2.37. The Labute approximate surface area is 117 Å². The zero-order valence-electron chi connectivity index (χ0n) is 12.4. The lowest BCUT2D eigenvalue weighted by Crippen LogP contribution is -2.40. The maximum absolute atomic E-state index is 4.67. The topological polar surface area (TPSA) is 28.2 Å². The average Bonchev–Trinajstić information content (AvgIpc) is 2.48. The first-order chi connectivity index (χ1) is 9.36. The summed E-state index contributed by atoms with van der Waals surface area (Å²) in [6.45, 7) is 7.67. The molecule has 1 aromatic rings. The Morgan fingerprint density at radius 3 is 3.05 bits per heavy atom. The van der Waals surface area contributed by atoms with E-state index in [1.54, 1.807) is 0 Å². The molecule has 19 heavy (non-hydrogen) atoms. The van der Waals surface area contributed by atoms with Gasteiger partial charge in [0, 0.05) is 30.9 Å². The first-order valence-electron chi connectivity index (χ1n) is 7.78. The molecule has 2 rings (SSSR count). The number of anilines is 1. The molecule has 0 radical (unpaired) electrons. The second kappa shape index (κ2) is 7.49. The van der Waals surface area contributed by atoms with Crippen molar-refractivity contribution in [3.8, 4) is 0 Å². The largest absolute Gasteiger partial charge is 0.353 e. The van der Waals surface area contributed by atoms with Crippen LogP contribution in [0.5, 0.6) is 0 Å². The van der Waals surface area contributed by atoms with E-state index >= 15 is 0 Å². The molecule has 106 valence electrons. The van der Waals surface area contributed by atoms with Crippen LogP contribution in [0.25, 0.3) is 0 Å². The standard InChI is InChI=1S/C16H27N3/c1-3-10-17-13-14-8-7-11-18-16(14)19-12-6-5-9-15(19)4-2/h7-8,11,15,17H,3-6,9-10,12-13H2,1-2H3. The minimum atomic E-state index is 0.675. The van der Waals surface area contributed by atoms with Crippen LogP contribution in [0.2, 0.25) is 0 Å². The van der Waals surface area contributed by atoms with E-state index in [9.17, 15) is 0 Å². The minimum Gasteiger partial charge on any atom is -0.353 e. The van der Waals surface area contributed by atoms with Gasteiger partial charge >= 0.3 is 0 Å². The van der Waals surface area contributed by atoms with Crippen molar-refractivity contribution in [2.24, 2.45) is 0 Å². The Bertz CT molecular complexity index is 378. The van der Waals surface area contributed by atoms with Crippen LogP contribution in [-0.4, -0.2) is 24.1 Å². The summed E-state index contributed by atoms with van der Waals surface area (Å²) in [4.78, 5) is 7.20. The summed E-state index contributed by atoms with van der Waals surface area (Å²) in [6.07, 6.45) is 8.31. The molecule has 1 aliphatic heterocycles. The molecule has 1 fully saturated rings. The van der Waals surface area contributed by atoms with Gasteiger partial charge in [-0.3, -0.25) is 0 Å². The highest BCUT2D eigenvalue weighted by Crippen LogP contribution is 2.27. The Kier molecular flexibility index (Phi) is 5.64. The maximum atomic E-state index is 4.67. The smallest absolute Gasteiger partial charge is 0.133 e. The summed E-state index contributed by atoms with van der Waals surface area (Å²) in [5, 5.41) is 3.50. The fourth-order valence-electron chi connectivity index (χ4n) is 2.93. The molecular weight excluding hydrogens is 234 g/mol. The third kappa shape index (κ3) is 3.69. The number of piperidine rings is 1. The van der Waals surface area contributed by atoms with E-state index in [1.165, 1.54) is 43.5 Å². The second-order valence-electron chi connectivity index (χ2n) is 5.41. The minimum absolute atomic E-state index is 0.675. The lowest BCUT2D eigenvalue weighted by molar-refractivity contribution is 0.445. The zero-order chi connectivity index (χ0) is 13.5. The van der Waals surface area contributed by atoms with Gasteiger partial charge in [-0.1, -0.05) is 19.9 Å². The van der Waals surface area contributed by atoms with Gasteiger partial charge in [-0.2, -0.15) is 0 Å². The van der Waals surface area contributed by atoms with Crippen molar-refractivity contribution >= 4 is 5.82 Å². The van der Waals surface area contributed by atoms with Crippen LogP contribution < -0.4 is 10.2 Å². The van der Waals surface area contributed by atoms with Crippen LogP contribution in [-0.2, 0) is 6.54 Å². The lowest BCUT2D eigenvalue weighted by atomic mass is 9.99. The van der Waals surface area contributed by atoms with Gasteiger partial charge in [0.15, 0.2) is 0 Å². The van der Waals surface area contributed by atoms with Gasteiger partial charge in [0.2, 0.25) is 0 Å². The van der Waals surface area contributed by atoms with Gasteiger partial charge in [-0.25, -0.2) is 4.98 Å². The van der Waals surface area contributed by atoms with Crippen molar-refractivity contribution in [2.45, 2.75) is 58.5 Å². The summed E-state index contributed by atoms with van der Waals surface area (Å²) in [7, 11) is 0. The first-order valence-corrected chi connectivity index (χ1v) is 7.78. The summed E-state index contributed by atoms with van der Waals surface area (Å²) in [5.74, 6) is 1.21. The fraction of sp³-hybridized carbons (Fsp3) is 0.688. The monoisotopic (exact) mass is 261 g/mol. The fourth-order valence-corrected chi connectivity index (χ4v) is 2.93. The maximum Gasteiger partial charge on any atom is 0.133 e. The van der Waals surface area contributed by atoms with Crippen molar-refractivity contribution in [1.29, 1.82) is 0 Å². The number of rotatable bonds is 6. The number of hydrogen-bond donors (Lipinski definition) is 1. The van der Waals surface area contributed by atoms with E-state index in [1.807, 2.05) is 6.20 Å². The van der Waals surface area contributed by atoms with Gasteiger partial charge in [-0.05, 0) is 44.7 Å². The summed E-state index contributed by atoms with van der Waals surface area (Å²) >= 11 is 0. The van der Waals surface area contributed by atoms with Crippen LogP contribution in [0, 0.1) is 0 Å². The first kappa shape index (κ1) is 14.3. The summed E-state index contributed by atoms with van der Waals surface area (Å²) in [6, 6.07) is 4.94. The predicted molar refractivity (Wildman–Crippen MR) is 81.5 cm³/mol. The molecule has 0 aromatic carbocycles. The molecule has 1 aromatic heterocycles. The molecule has 1 saturated heterocycles. The Morgan fingerprint density at radius 1 is 1.37 bits per heavy atom. The van der Waals surface area contributed by atoms with Gasteiger partial charge in [-0.15, -0.1) is 0 Å². The summed E-state index contributed by atoms with van der Waals surface area (Å²) in [5.41, 5.74) is 1.34. The zero-order valence-corrected chi connectivity index (χ0v) is 12.4. The van der Waals surface area contributed by atoms with Gasteiger partial charge in [0.1, 0.15) is 5.82 Å². The molecule has 2 heterocycles. The van der Waals surface area contributed by atoms with E-state index in [0.29, 0.717) is 6.04 Å². The molecule has 3 heteroatoms. The Morgan fingerprint density at radius 2 is 2.26 bits per heavy atom. The molecule has 0 amide bonds. The Hall–Kier alpha value is -1.09. The number of nitrogens with one attached hydrogen (secondary N) is 1. The van der Waals surface area contributed by atoms with Crippen LogP contribution in [0.3, 0.4) is 0 Å². The average molecular weight is 261 g/mol. The van der Waals surface area contributed by atoms with Crippen molar-refractivity contribution in [1.82, 2.24) is 10.3 Å². The van der Waals surface area contributed by atoms with Crippen molar-refractivity contribution in [2.75, 3.05) is 18.0 Å². The second-order valence-corrected chi connectivity index (χ2v) is 5.41. The molecule has 0 bridgehead atoms. The van der Waals surface area contributed by atoms with Gasteiger partial charge < -0.3 is 10.2 Å². The highest BCUT2D eigenvalue weighted by Gasteiger charge is 2.23.